The lowest BCUT2D eigenvalue weighted by Gasteiger charge is -2.16. The van der Waals surface area contributed by atoms with Crippen molar-refractivity contribution in [2.45, 2.75) is 23.8 Å². The second-order valence-electron chi connectivity index (χ2n) is 5.60. The lowest BCUT2D eigenvalue weighted by molar-refractivity contribution is 0.102. The van der Waals surface area contributed by atoms with Crippen LogP contribution < -0.4 is 5.32 Å². The number of carbonyl (C=O) groups excluding carboxylic acids is 1. The molecule has 1 amide bonds. The number of sulfonamides is 1. The molecule has 0 atom stereocenters. The molecule has 1 N–H and O–H groups in total. The van der Waals surface area contributed by atoms with Crippen LogP contribution in [0.4, 0.5) is 10.1 Å². The average Bonchev–Trinajstić information content (AvgIpc) is 3.39. The van der Waals surface area contributed by atoms with E-state index in [1.54, 1.807) is 7.05 Å². The number of hydrogen-bond acceptors (Lipinski definition) is 4. The van der Waals surface area contributed by atoms with E-state index in [0.29, 0.717) is 5.69 Å². The van der Waals surface area contributed by atoms with Crippen molar-refractivity contribution in [1.82, 2.24) is 9.29 Å². The Balaban J connectivity index is 1.74. The Labute approximate surface area is 139 Å². The van der Waals surface area contributed by atoms with E-state index in [4.69, 9.17) is 0 Å². The summed E-state index contributed by atoms with van der Waals surface area (Å²) in [7, 11) is -1.95. The van der Waals surface area contributed by atoms with Gasteiger partial charge in [0.2, 0.25) is 16.0 Å². The first-order valence-electron chi connectivity index (χ1n) is 7.39. The zero-order chi connectivity index (χ0) is 17.3. The molecule has 0 saturated heterocycles. The van der Waals surface area contributed by atoms with Gasteiger partial charge in [0, 0.05) is 36.6 Å². The number of pyridine rings is 1. The number of nitrogens with zero attached hydrogens (tertiary/aromatic N) is 2. The summed E-state index contributed by atoms with van der Waals surface area (Å²) in [5.41, 5.74) is 0.554. The van der Waals surface area contributed by atoms with Gasteiger partial charge in [-0.3, -0.25) is 4.79 Å². The highest BCUT2D eigenvalue weighted by Gasteiger charge is 2.34. The zero-order valence-corrected chi connectivity index (χ0v) is 13.8. The highest BCUT2D eigenvalue weighted by atomic mass is 32.2. The summed E-state index contributed by atoms with van der Waals surface area (Å²) in [4.78, 5) is 15.6. The van der Waals surface area contributed by atoms with Gasteiger partial charge in [0.25, 0.3) is 5.91 Å². The number of rotatable bonds is 5. The molecule has 1 aliphatic carbocycles. The van der Waals surface area contributed by atoms with Crippen LogP contribution >= 0.6 is 0 Å². The Morgan fingerprint density at radius 2 is 1.92 bits per heavy atom. The third kappa shape index (κ3) is 3.44. The van der Waals surface area contributed by atoms with Crippen LogP contribution in [0.15, 0.2) is 47.5 Å². The van der Waals surface area contributed by atoms with Gasteiger partial charge >= 0.3 is 0 Å². The molecule has 1 aliphatic rings. The van der Waals surface area contributed by atoms with Crippen molar-refractivity contribution in [3.8, 4) is 0 Å². The maximum atomic E-state index is 13.0. The first-order chi connectivity index (χ1) is 11.4. The number of hydrogen-bond donors (Lipinski definition) is 1. The SMILES string of the molecule is CN(C1CC1)S(=O)(=O)c1ccc(NC(=O)c2ccnc(F)c2)cc1. The van der Waals surface area contributed by atoms with Crippen LogP contribution in [0.25, 0.3) is 0 Å². The molecule has 1 aromatic heterocycles. The summed E-state index contributed by atoms with van der Waals surface area (Å²) < 4.78 is 39.2. The molecule has 0 bridgehead atoms. The summed E-state index contributed by atoms with van der Waals surface area (Å²) in [6.07, 6.45) is 2.96. The fraction of sp³-hybridized carbons (Fsp3) is 0.250. The average molecular weight is 349 g/mol. The van der Waals surface area contributed by atoms with Crippen molar-refractivity contribution in [2.24, 2.45) is 0 Å². The Bertz CT molecular complexity index is 864. The zero-order valence-electron chi connectivity index (χ0n) is 12.9. The number of benzene rings is 1. The molecule has 0 unspecified atom stereocenters. The maximum absolute atomic E-state index is 13.0. The molecular formula is C16H16FN3O3S. The van der Waals surface area contributed by atoms with Gasteiger partial charge in [-0.15, -0.1) is 0 Å². The standard InChI is InChI=1S/C16H16FN3O3S/c1-20(13-4-5-13)24(22,23)14-6-2-12(3-7-14)19-16(21)11-8-9-18-15(17)10-11/h2-3,6-10,13H,4-5H2,1H3,(H,19,21). The van der Waals surface area contributed by atoms with Crippen LogP contribution in [0.2, 0.25) is 0 Å². The fourth-order valence-electron chi connectivity index (χ4n) is 2.26. The molecule has 1 fully saturated rings. The van der Waals surface area contributed by atoms with Gasteiger partial charge in [0.15, 0.2) is 0 Å². The minimum Gasteiger partial charge on any atom is -0.322 e. The van der Waals surface area contributed by atoms with E-state index < -0.39 is 21.9 Å². The Hall–Kier alpha value is -2.32. The van der Waals surface area contributed by atoms with Crippen molar-refractivity contribution in [1.29, 1.82) is 0 Å². The van der Waals surface area contributed by atoms with Crippen molar-refractivity contribution in [3.63, 3.8) is 0 Å². The van der Waals surface area contributed by atoms with Gasteiger partial charge in [-0.25, -0.2) is 13.4 Å². The molecule has 1 heterocycles. The van der Waals surface area contributed by atoms with Crippen LogP contribution in [-0.2, 0) is 10.0 Å². The summed E-state index contributed by atoms with van der Waals surface area (Å²) in [5, 5.41) is 2.59. The molecule has 126 valence electrons. The van der Waals surface area contributed by atoms with E-state index in [2.05, 4.69) is 10.3 Å². The van der Waals surface area contributed by atoms with Crippen LogP contribution in [0.3, 0.4) is 0 Å². The lowest BCUT2D eigenvalue weighted by atomic mass is 10.2. The van der Waals surface area contributed by atoms with Gasteiger partial charge in [0.1, 0.15) is 0 Å². The Morgan fingerprint density at radius 1 is 1.25 bits per heavy atom. The predicted molar refractivity (Wildman–Crippen MR) is 86.6 cm³/mol. The van der Waals surface area contributed by atoms with Gasteiger partial charge in [0.05, 0.1) is 4.90 Å². The van der Waals surface area contributed by atoms with Crippen LogP contribution in [0.1, 0.15) is 23.2 Å². The van der Waals surface area contributed by atoms with Gasteiger partial charge in [-0.1, -0.05) is 0 Å². The summed E-state index contributed by atoms with van der Waals surface area (Å²) in [5.74, 6) is -1.24. The van der Waals surface area contributed by atoms with E-state index >= 15 is 0 Å². The second-order valence-corrected chi connectivity index (χ2v) is 7.60. The summed E-state index contributed by atoms with van der Waals surface area (Å²) in [6, 6.07) is 8.39. The third-order valence-corrected chi connectivity index (χ3v) is 5.76. The number of anilines is 1. The lowest BCUT2D eigenvalue weighted by Crippen LogP contribution is -2.28. The molecule has 1 saturated carbocycles. The maximum Gasteiger partial charge on any atom is 0.255 e. The van der Waals surface area contributed by atoms with Crippen molar-refractivity contribution in [2.75, 3.05) is 12.4 Å². The summed E-state index contributed by atoms with van der Waals surface area (Å²) >= 11 is 0. The minimum atomic E-state index is -3.52. The number of amides is 1. The van der Waals surface area contributed by atoms with E-state index in [1.165, 1.54) is 40.8 Å². The molecule has 0 aliphatic heterocycles. The molecule has 2 aromatic rings. The molecule has 24 heavy (non-hydrogen) atoms. The van der Waals surface area contributed by atoms with E-state index in [0.717, 1.165) is 18.9 Å². The molecule has 8 heteroatoms. The predicted octanol–water partition coefficient (Wildman–Crippen LogP) is 2.26. The first-order valence-corrected chi connectivity index (χ1v) is 8.83. The Kier molecular flexibility index (Phi) is 4.33. The van der Waals surface area contributed by atoms with E-state index in [9.17, 15) is 17.6 Å². The first kappa shape index (κ1) is 16.5. The molecule has 0 radical (unpaired) electrons. The second kappa shape index (κ2) is 6.29. The van der Waals surface area contributed by atoms with E-state index in [-0.39, 0.29) is 16.5 Å². The minimum absolute atomic E-state index is 0.0796. The number of aromatic nitrogens is 1. The largest absolute Gasteiger partial charge is 0.322 e. The number of carbonyl (C=O) groups is 1. The highest BCUT2D eigenvalue weighted by molar-refractivity contribution is 7.89. The van der Waals surface area contributed by atoms with Crippen molar-refractivity contribution in [3.05, 3.63) is 54.1 Å². The van der Waals surface area contributed by atoms with Crippen LogP contribution in [0.5, 0.6) is 0 Å². The quantitative estimate of drug-likeness (QED) is 0.840. The van der Waals surface area contributed by atoms with Gasteiger partial charge in [-0.05, 0) is 43.2 Å². The monoisotopic (exact) mass is 349 g/mol. The Morgan fingerprint density at radius 3 is 2.50 bits per heavy atom. The molecule has 1 aromatic carbocycles. The van der Waals surface area contributed by atoms with Crippen molar-refractivity contribution >= 4 is 21.6 Å². The van der Waals surface area contributed by atoms with Crippen LogP contribution in [0, 0.1) is 5.95 Å². The van der Waals surface area contributed by atoms with Gasteiger partial charge < -0.3 is 5.32 Å². The van der Waals surface area contributed by atoms with Crippen LogP contribution in [-0.4, -0.2) is 36.7 Å². The smallest absolute Gasteiger partial charge is 0.255 e. The van der Waals surface area contributed by atoms with Crippen molar-refractivity contribution < 1.29 is 17.6 Å². The summed E-state index contributed by atoms with van der Waals surface area (Å²) in [6.45, 7) is 0. The molecule has 6 nitrogen and oxygen atoms in total. The fourth-order valence-corrected chi connectivity index (χ4v) is 3.67. The number of nitrogens with one attached hydrogen (secondary N) is 1. The number of halogens is 1. The van der Waals surface area contributed by atoms with E-state index in [1.807, 2.05) is 0 Å². The molecular weight excluding hydrogens is 333 g/mol. The normalized spacial score (nSPS) is 14.6. The topological polar surface area (TPSA) is 79.4 Å². The highest BCUT2D eigenvalue weighted by Crippen LogP contribution is 2.30. The molecule has 0 spiro atoms. The molecule has 3 rings (SSSR count). The van der Waals surface area contributed by atoms with Gasteiger partial charge in [-0.2, -0.15) is 8.70 Å². The third-order valence-electron chi connectivity index (χ3n) is 3.84.